The van der Waals surface area contributed by atoms with Gasteiger partial charge in [0, 0.05) is 29.9 Å². The molecule has 2 aromatic rings. The molecule has 0 saturated heterocycles. The van der Waals surface area contributed by atoms with Gasteiger partial charge >= 0.3 is 0 Å². The average molecular weight is 282 g/mol. The zero-order chi connectivity index (χ0) is 14.8. The molecule has 1 unspecified atom stereocenters. The van der Waals surface area contributed by atoms with Crippen molar-refractivity contribution >= 4 is 0 Å². The first-order valence-corrected chi connectivity index (χ1v) is 7.54. The lowest BCUT2D eigenvalue weighted by molar-refractivity contribution is 0.267. The van der Waals surface area contributed by atoms with Crippen LogP contribution in [0.2, 0.25) is 0 Å². The van der Waals surface area contributed by atoms with Crippen LogP contribution in [0.4, 0.5) is 0 Å². The number of ether oxygens (including phenoxy) is 1. The topological polar surface area (TPSA) is 34.1 Å². The molecule has 2 heterocycles. The van der Waals surface area contributed by atoms with Gasteiger partial charge in [0.25, 0.3) is 0 Å². The average Bonchev–Trinajstić information content (AvgIpc) is 2.50. The fourth-order valence-electron chi connectivity index (χ4n) is 3.09. The van der Waals surface area contributed by atoms with Crippen LogP contribution >= 0.6 is 0 Å². The number of likely N-dealkylation sites (N-methyl/N-ethyl adjacent to an activating group) is 1. The van der Waals surface area contributed by atoms with Gasteiger partial charge in [-0.2, -0.15) is 0 Å². The van der Waals surface area contributed by atoms with Crippen LogP contribution < -0.4 is 10.1 Å². The van der Waals surface area contributed by atoms with Crippen LogP contribution in [0.1, 0.15) is 29.2 Å². The second kappa shape index (κ2) is 5.86. The van der Waals surface area contributed by atoms with E-state index in [1.165, 1.54) is 22.3 Å². The van der Waals surface area contributed by atoms with Gasteiger partial charge in [0.15, 0.2) is 0 Å². The van der Waals surface area contributed by atoms with E-state index >= 15 is 0 Å². The molecule has 3 rings (SSSR count). The van der Waals surface area contributed by atoms with Crippen LogP contribution in [0, 0.1) is 13.8 Å². The van der Waals surface area contributed by atoms with Gasteiger partial charge in [-0.3, -0.25) is 4.98 Å². The molecule has 1 aliphatic rings. The van der Waals surface area contributed by atoms with E-state index in [2.05, 4.69) is 41.5 Å². The van der Waals surface area contributed by atoms with Crippen molar-refractivity contribution < 1.29 is 4.74 Å². The van der Waals surface area contributed by atoms with E-state index in [1.54, 1.807) is 0 Å². The smallest absolute Gasteiger partial charge is 0.130 e. The standard InChI is InChI=1S/C18H22N2O/c1-12-10-20-13(2)9-17(12)16-6-4-5-15-14(11-19-3)7-8-21-18(15)16/h4-6,9-10,14,19H,7-8,11H2,1-3H3. The fraction of sp³-hybridized carbons (Fsp3) is 0.389. The Kier molecular flexibility index (Phi) is 3.93. The third kappa shape index (κ3) is 2.66. The highest BCUT2D eigenvalue weighted by molar-refractivity contribution is 5.75. The maximum atomic E-state index is 6.03. The maximum absolute atomic E-state index is 6.03. The number of pyridine rings is 1. The maximum Gasteiger partial charge on any atom is 0.130 e. The molecular formula is C18H22N2O. The number of nitrogens with one attached hydrogen (secondary N) is 1. The number of fused-ring (bicyclic) bond motifs is 1. The summed E-state index contributed by atoms with van der Waals surface area (Å²) in [5.41, 5.74) is 5.96. The normalized spacial score (nSPS) is 17.2. The van der Waals surface area contributed by atoms with Crippen molar-refractivity contribution in [2.75, 3.05) is 20.2 Å². The third-order valence-electron chi connectivity index (χ3n) is 4.18. The van der Waals surface area contributed by atoms with Crippen LogP contribution in [-0.2, 0) is 0 Å². The molecule has 1 aliphatic heterocycles. The Balaban J connectivity index is 2.12. The predicted octanol–water partition coefficient (Wildman–Crippen LogP) is 3.45. The number of rotatable bonds is 3. The van der Waals surface area contributed by atoms with Crippen molar-refractivity contribution in [3.8, 4) is 16.9 Å². The summed E-state index contributed by atoms with van der Waals surface area (Å²) in [6.45, 7) is 5.92. The highest BCUT2D eigenvalue weighted by Crippen LogP contribution is 2.41. The minimum atomic E-state index is 0.530. The largest absolute Gasteiger partial charge is 0.493 e. The van der Waals surface area contributed by atoms with Crippen LogP contribution in [-0.4, -0.2) is 25.2 Å². The van der Waals surface area contributed by atoms with Gasteiger partial charge in [0.1, 0.15) is 5.75 Å². The summed E-state index contributed by atoms with van der Waals surface area (Å²) in [4.78, 5) is 4.37. The Morgan fingerprint density at radius 2 is 2.14 bits per heavy atom. The van der Waals surface area contributed by atoms with E-state index in [0.717, 1.165) is 31.0 Å². The minimum absolute atomic E-state index is 0.530. The van der Waals surface area contributed by atoms with E-state index in [-0.39, 0.29) is 0 Å². The molecule has 1 aromatic heterocycles. The Labute approximate surface area is 126 Å². The summed E-state index contributed by atoms with van der Waals surface area (Å²) in [6.07, 6.45) is 3.02. The van der Waals surface area contributed by atoms with Gasteiger partial charge in [-0.25, -0.2) is 0 Å². The lowest BCUT2D eigenvalue weighted by Crippen LogP contribution is -2.23. The zero-order valence-electron chi connectivity index (χ0n) is 12.9. The molecule has 1 aromatic carbocycles. The number of para-hydroxylation sites is 1. The minimum Gasteiger partial charge on any atom is -0.493 e. The molecule has 1 atom stereocenters. The van der Waals surface area contributed by atoms with Gasteiger partial charge < -0.3 is 10.1 Å². The molecule has 0 aliphatic carbocycles. The summed E-state index contributed by atoms with van der Waals surface area (Å²) >= 11 is 0. The van der Waals surface area contributed by atoms with Crippen LogP contribution in [0.25, 0.3) is 11.1 Å². The molecule has 3 nitrogen and oxygen atoms in total. The van der Waals surface area contributed by atoms with Gasteiger partial charge in [-0.15, -0.1) is 0 Å². The van der Waals surface area contributed by atoms with Crippen LogP contribution in [0.5, 0.6) is 5.75 Å². The highest BCUT2D eigenvalue weighted by atomic mass is 16.5. The van der Waals surface area contributed by atoms with Crippen molar-refractivity contribution in [3.05, 3.63) is 47.3 Å². The van der Waals surface area contributed by atoms with Gasteiger partial charge in [-0.1, -0.05) is 18.2 Å². The Morgan fingerprint density at radius 1 is 1.29 bits per heavy atom. The van der Waals surface area contributed by atoms with Gasteiger partial charge in [0.2, 0.25) is 0 Å². The second-order valence-electron chi connectivity index (χ2n) is 5.76. The first kappa shape index (κ1) is 14.1. The summed E-state index contributed by atoms with van der Waals surface area (Å²) in [7, 11) is 2.01. The predicted molar refractivity (Wildman–Crippen MR) is 85.9 cm³/mol. The molecular weight excluding hydrogens is 260 g/mol. The summed E-state index contributed by atoms with van der Waals surface area (Å²) in [5, 5.41) is 3.29. The van der Waals surface area contributed by atoms with Crippen molar-refractivity contribution in [2.45, 2.75) is 26.2 Å². The highest BCUT2D eigenvalue weighted by Gasteiger charge is 2.24. The molecule has 0 amide bonds. The van der Waals surface area contributed by atoms with E-state index in [0.29, 0.717) is 5.92 Å². The number of hydrogen-bond acceptors (Lipinski definition) is 3. The quantitative estimate of drug-likeness (QED) is 0.936. The Morgan fingerprint density at radius 3 is 2.95 bits per heavy atom. The lowest BCUT2D eigenvalue weighted by Gasteiger charge is -2.28. The van der Waals surface area contributed by atoms with E-state index in [9.17, 15) is 0 Å². The Bertz CT molecular complexity index is 652. The van der Waals surface area contributed by atoms with Crippen molar-refractivity contribution in [1.29, 1.82) is 0 Å². The molecule has 110 valence electrons. The molecule has 0 radical (unpaired) electrons. The first-order valence-electron chi connectivity index (χ1n) is 7.54. The first-order chi connectivity index (χ1) is 10.2. The van der Waals surface area contributed by atoms with Gasteiger partial charge in [0.05, 0.1) is 6.61 Å². The molecule has 21 heavy (non-hydrogen) atoms. The zero-order valence-corrected chi connectivity index (χ0v) is 12.9. The van der Waals surface area contributed by atoms with Crippen LogP contribution in [0.3, 0.4) is 0 Å². The summed E-state index contributed by atoms with van der Waals surface area (Å²) in [5.74, 6) is 1.58. The second-order valence-corrected chi connectivity index (χ2v) is 5.76. The van der Waals surface area contributed by atoms with Crippen molar-refractivity contribution in [1.82, 2.24) is 10.3 Å². The Hall–Kier alpha value is -1.87. The summed E-state index contributed by atoms with van der Waals surface area (Å²) in [6, 6.07) is 8.64. The monoisotopic (exact) mass is 282 g/mol. The SMILES string of the molecule is CNCC1CCOc2c(-c3cc(C)ncc3C)cccc21. The molecule has 3 heteroatoms. The van der Waals surface area contributed by atoms with E-state index < -0.39 is 0 Å². The number of hydrogen-bond donors (Lipinski definition) is 1. The lowest BCUT2D eigenvalue weighted by atomic mass is 9.89. The van der Waals surface area contributed by atoms with Crippen LogP contribution in [0.15, 0.2) is 30.5 Å². The molecule has 0 spiro atoms. The molecule has 0 fully saturated rings. The molecule has 0 saturated carbocycles. The molecule has 1 N–H and O–H groups in total. The van der Waals surface area contributed by atoms with Gasteiger partial charge in [-0.05, 0) is 50.1 Å². The van der Waals surface area contributed by atoms with E-state index in [1.807, 2.05) is 20.2 Å². The van der Waals surface area contributed by atoms with E-state index in [4.69, 9.17) is 4.74 Å². The fourth-order valence-corrected chi connectivity index (χ4v) is 3.09. The summed E-state index contributed by atoms with van der Waals surface area (Å²) < 4.78 is 6.03. The number of nitrogens with zero attached hydrogens (tertiary/aromatic N) is 1. The molecule has 0 bridgehead atoms. The van der Waals surface area contributed by atoms with Crippen molar-refractivity contribution in [3.63, 3.8) is 0 Å². The number of aryl methyl sites for hydroxylation is 2. The third-order valence-corrected chi connectivity index (χ3v) is 4.18. The van der Waals surface area contributed by atoms with Crippen molar-refractivity contribution in [2.24, 2.45) is 0 Å². The number of aromatic nitrogens is 1. The number of benzene rings is 1.